The van der Waals surface area contributed by atoms with Crippen LogP contribution in [0.4, 0.5) is 0 Å². The van der Waals surface area contributed by atoms with Crippen molar-refractivity contribution in [2.75, 3.05) is 13.2 Å². The minimum absolute atomic E-state index is 0.187. The van der Waals surface area contributed by atoms with Gasteiger partial charge in [0.05, 0.1) is 13.2 Å². The Balaban J connectivity index is 1.64. The zero-order chi connectivity index (χ0) is 14.9. The van der Waals surface area contributed by atoms with E-state index in [1.807, 2.05) is 49.4 Å². The van der Waals surface area contributed by atoms with Crippen LogP contribution in [0.25, 0.3) is 0 Å². The molecule has 0 spiro atoms. The number of hydrogen-bond donors (Lipinski definition) is 1. The van der Waals surface area contributed by atoms with Gasteiger partial charge < -0.3 is 15.2 Å². The molecule has 3 nitrogen and oxygen atoms in total. The second-order valence-corrected chi connectivity index (χ2v) is 5.19. The molecule has 0 aliphatic heterocycles. The molecule has 0 saturated heterocycles. The number of nitrogens with two attached hydrogens (primary N) is 1. The quantitative estimate of drug-likeness (QED) is 0.756. The lowest BCUT2D eigenvalue weighted by atomic mass is 10.1. The largest absolute Gasteiger partial charge is 0.493 e. The van der Waals surface area contributed by atoms with Crippen molar-refractivity contribution in [3.8, 4) is 11.5 Å². The summed E-state index contributed by atoms with van der Waals surface area (Å²) in [6, 6.07) is 18.1. The SMILES string of the molecule is CC(N)Cc1ccc(OCCCOc2ccccc2)cc1. The molecule has 112 valence electrons. The Labute approximate surface area is 126 Å². The molecule has 21 heavy (non-hydrogen) atoms. The van der Waals surface area contributed by atoms with Crippen LogP contribution in [0, 0.1) is 0 Å². The Kier molecular flexibility index (Phi) is 6.10. The van der Waals surface area contributed by atoms with Crippen LogP contribution >= 0.6 is 0 Å². The molecule has 3 heteroatoms. The highest BCUT2D eigenvalue weighted by Gasteiger charge is 1.99. The summed E-state index contributed by atoms with van der Waals surface area (Å²) in [4.78, 5) is 0. The molecule has 0 heterocycles. The minimum Gasteiger partial charge on any atom is -0.493 e. The molecule has 0 aliphatic rings. The molecule has 1 unspecified atom stereocenters. The Morgan fingerprint density at radius 2 is 1.43 bits per heavy atom. The molecule has 0 fully saturated rings. The van der Waals surface area contributed by atoms with Gasteiger partial charge in [0.15, 0.2) is 0 Å². The summed E-state index contributed by atoms with van der Waals surface area (Å²) in [5.74, 6) is 1.79. The van der Waals surface area contributed by atoms with Crippen molar-refractivity contribution >= 4 is 0 Å². The summed E-state index contributed by atoms with van der Waals surface area (Å²) in [5, 5.41) is 0. The van der Waals surface area contributed by atoms with Gasteiger partial charge in [-0.2, -0.15) is 0 Å². The fourth-order valence-electron chi connectivity index (χ4n) is 2.05. The van der Waals surface area contributed by atoms with Gasteiger partial charge in [0.2, 0.25) is 0 Å². The van der Waals surface area contributed by atoms with E-state index in [-0.39, 0.29) is 6.04 Å². The monoisotopic (exact) mass is 285 g/mol. The predicted octanol–water partition coefficient (Wildman–Crippen LogP) is 3.42. The van der Waals surface area contributed by atoms with Crippen molar-refractivity contribution in [2.24, 2.45) is 5.73 Å². The fourth-order valence-corrected chi connectivity index (χ4v) is 2.05. The number of para-hydroxylation sites is 1. The van der Waals surface area contributed by atoms with Crippen LogP contribution in [0.5, 0.6) is 11.5 Å². The van der Waals surface area contributed by atoms with E-state index in [0.29, 0.717) is 13.2 Å². The van der Waals surface area contributed by atoms with Gasteiger partial charge in [0.25, 0.3) is 0 Å². The maximum absolute atomic E-state index is 5.78. The van der Waals surface area contributed by atoms with Crippen LogP contribution in [0.15, 0.2) is 54.6 Å². The molecule has 0 aromatic heterocycles. The highest BCUT2D eigenvalue weighted by atomic mass is 16.5. The van der Waals surface area contributed by atoms with Gasteiger partial charge in [0, 0.05) is 12.5 Å². The Morgan fingerprint density at radius 3 is 2.00 bits per heavy atom. The molecule has 2 rings (SSSR count). The number of rotatable bonds is 8. The van der Waals surface area contributed by atoms with Crippen molar-refractivity contribution < 1.29 is 9.47 Å². The van der Waals surface area contributed by atoms with Gasteiger partial charge in [-0.3, -0.25) is 0 Å². The molecular formula is C18H23NO2. The number of hydrogen-bond acceptors (Lipinski definition) is 3. The normalized spacial score (nSPS) is 11.9. The minimum atomic E-state index is 0.187. The van der Waals surface area contributed by atoms with Crippen molar-refractivity contribution in [1.82, 2.24) is 0 Å². The van der Waals surface area contributed by atoms with Gasteiger partial charge >= 0.3 is 0 Å². The first-order chi connectivity index (χ1) is 10.2. The third-order valence-corrected chi connectivity index (χ3v) is 3.05. The molecule has 2 aromatic rings. The Morgan fingerprint density at radius 1 is 0.857 bits per heavy atom. The summed E-state index contributed by atoms with van der Waals surface area (Å²) in [7, 11) is 0. The third-order valence-electron chi connectivity index (χ3n) is 3.05. The maximum Gasteiger partial charge on any atom is 0.119 e. The molecule has 0 amide bonds. The van der Waals surface area contributed by atoms with Gasteiger partial charge in [0.1, 0.15) is 11.5 Å². The molecule has 0 radical (unpaired) electrons. The molecule has 0 saturated carbocycles. The van der Waals surface area contributed by atoms with Crippen molar-refractivity contribution in [3.05, 3.63) is 60.2 Å². The van der Waals surface area contributed by atoms with Gasteiger partial charge in [-0.25, -0.2) is 0 Å². The van der Waals surface area contributed by atoms with Gasteiger partial charge in [-0.15, -0.1) is 0 Å². The standard InChI is InChI=1S/C18H23NO2/c1-15(19)14-16-8-10-18(11-9-16)21-13-5-12-20-17-6-3-2-4-7-17/h2-4,6-11,15H,5,12-14,19H2,1H3. The summed E-state index contributed by atoms with van der Waals surface area (Å²) in [5.41, 5.74) is 7.02. The highest BCUT2D eigenvalue weighted by Crippen LogP contribution is 2.14. The smallest absolute Gasteiger partial charge is 0.119 e. The first kappa shape index (κ1) is 15.4. The molecule has 0 bridgehead atoms. The van der Waals surface area contributed by atoms with Crippen molar-refractivity contribution in [2.45, 2.75) is 25.8 Å². The van der Waals surface area contributed by atoms with Gasteiger partial charge in [-0.1, -0.05) is 30.3 Å². The fraction of sp³-hybridized carbons (Fsp3) is 0.333. The van der Waals surface area contributed by atoms with Gasteiger partial charge in [-0.05, 0) is 43.2 Å². The summed E-state index contributed by atoms with van der Waals surface area (Å²) in [6.07, 6.45) is 1.75. The summed E-state index contributed by atoms with van der Waals surface area (Å²) in [6.45, 7) is 3.32. The van der Waals surface area contributed by atoms with E-state index in [9.17, 15) is 0 Å². The zero-order valence-electron chi connectivity index (χ0n) is 12.5. The molecule has 2 aromatic carbocycles. The molecule has 0 aliphatic carbocycles. The van der Waals surface area contributed by atoms with Crippen molar-refractivity contribution in [3.63, 3.8) is 0 Å². The van der Waals surface area contributed by atoms with Crippen LogP contribution in [-0.2, 0) is 6.42 Å². The lowest BCUT2D eigenvalue weighted by Gasteiger charge is -2.09. The van der Waals surface area contributed by atoms with Crippen LogP contribution < -0.4 is 15.2 Å². The van der Waals surface area contributed by atoms with E-state index in [4.69, 9.17) is 15.2 Å². The Hall–Kier alpha value is -2.00. The third kappa shape index (κ3) is 5.88. The highest BCUT2D eigenvalue weighted by molar-refractivity contribution is 5.27. The van der Waals surface area contributed by atoms with Crippen LogP contribution in [0.3, 0.4) is 0 Å². The molecule has 2 N–H and O–H groups in total. The lowest BCUT2D eigenvalue weighted by molar-refractivity contribution is 0.247. The summed E-state index contributed by atoms with van der Waals surface area (Å²) >= 11 is 0. The maximum atomic E-state index is 5.78. The van der Waals surface area contributed by atoms with E-state index in [0.717, 1.165) is 24.3 Å². The summed E-state index contributed by atoms with van der Waals surface area (Å²) < 4.78 is 11.3. The average molecular weight is 285 g/mol. The van der Waals surface area contributed by atoms with E-state index in [1.54, 1.807) is 0 Å². The first-order valence-electron chi connectivity index (χ1n) is 7.39. The Bertz CT molecular complexity index is 509. The van der Waals surface area contributed by atoms with Crippen LogP contribution in [-0.4, -0.2) is 19.3 Å². The topological polar surface area (TPSA) is 44.5 Å². The van der Waals surface area contributed by atoms with E-state index < -0.39 is 0 Å². The van der Waals surface area contributed by atoms with E-state index >= 15 is 0 Å². The van der Waals surface area contributed by atoms with Crippen molar-refractivity contribution in [1.29, 1.82) is 0 Å². The van der Waals surface area contributed by atoms with Crippen LogP contribution in [0.2, 0.25) is 0 Å². The second kappa shape index (κ2) is 8.32. The molecule has 1 atom stereocenters. The first-order valence-corrected chi connectivity index (χ1v) is 7.39. The average Bonchev–Trinajstić information content (AvgIpc) is 2.49. The second-order valence-electron chi connectivity index (χ2n) is 5.19. The van der Waals surface area contributed by atoms with E-state index in [2.05, 4.69) is 12.1 Å². The zero-order valence-corrected chi connectivity index (χ0v) is 12.5. The van der Waals surface area contributed by atoms with E-state index in [1.165, 1.54) is 5.56 Å². The van der Waals surface area contributed by atoms with Crippen LogP contribution in [0.1, 0.15) is 18.9 Å². The predicted molar refractivity (Wildman–Crippen MR) is 85.8 cm³/mol. The number of benzene rings is 2. The lowest BCUT2D eigenvalue weighted by Crippen LogP contribution is -2.17. The number of ether oxygens (including phenoxy) is 2. The molecular weight excluding hydrogens is 262 g/mol.